The van der Waals surface area contributed by atoms with E-state index in [0.29, 0.717) is 6.04 Å². The van der Waals surface area contributed by atoms with Crippen molar-refractivity contribution >= 4 is 15.9 Å². The Morgan fingerprint density at radius 2 is 2.18 bits per heavy atom. The highest BCUT2D eigenvalue weighted by Crippen LogP contribution is 2.49. The SMILES string of the molecule is CCNC1CC(C)(C)c2c(Br)cc(OC)cc21. The van der Waals surface area contributed by atoms with Crippen LogP contribution in [0.25, 0.3) is 0 Å². The molecule has 0 amide bonds. The summed E-state index contributed by atoms with van der Waals surface area (Å²) in [6.07, 6.45) is 1.14. The number of halogens is 1. The molecule has 0 heterocycles. The van der Waals surface area contributed by atoms with E-state index >= 15 is 0 Å². The maximum absolute atomic E-state index is 5.36. The maximum Gasteiger partial charge on any atom is 0.120 e. The van der Waals surface area contributed by atoms with Crippen molar-refractivity contribution in [1.82, 2.24) is 5.32 Å². The minimum absolute atomic E-state index is 0.216. The fourth-order valence-corrected chi connectivity index (χ4v) is 3.85. The molecule has 0 aromatic heterocycles. The van der Waals surface area contributed by atoms with Crippen LogP contribution in [0, 0.1) is 0 Å². The Labute approximate surface area is 112 Å². The van der Waals surface area contributed by atoms with Crippen LogP contribution in [0.5, 0.6) is 5.75 Å². The van der Waals surface area contributed by atoms with Crippen LogP contribution in [0.15, 0.2) is 16.6 Å². The van der Waals surface area contributed by atoms with Gasteiger partial charge in [-0.25, -0.2) is 0 Å². The molecule has 0 bridgehead atoms. The van der Waals surface area contributed by atoms with E-state index in [2.05, 4.69) is 54.2 Å². The molecule has 17 heavy (non-hydrogen) atoms. The van der Waals surface area contributed by atoms with Gasteiger partial charge in [0.1, 0.15) is 5.75 Å². The average Bonchev–Trinajstić information content (AvgIpc) is 2.51. The summed E-state index contributed by atoms with van der Waals surface area (Å²) >= 11 is 3.69. The average molecular weight is 298 g/mol. The summed E-state index contributed by atoms with van der Waals surface area (Å²) in [6, 6.07) is 4.67. The van der Waals surface area contributed by atoms with E-state index in [0.717, 1.165) is 23.2 Å². The van der Waals surface area contributed by atoms with Gasteiger partial charge < -0.3 is 10.1 Å². The zero-order valence-electron chi connectivity index (χ0n) is 10.9. The number of hydrogen-bond donors (Lipinski definition) is 1. The zero-order chi connectivity index (χ0) is 12.6. The van der Waals surface area contributed by atoms with Gasteiger partial charge in [0.2, 0.25) is 0 Å². The van der Waals surface area contributed by atoms with Crippen LogP contribution in [0.4, 0.5) is 0 Å². The lowest BCUT2D eigenvalue weighted by molar-refractivity contribution is 0.413. The zero-order valence-corrected chi connectivity index (χ0v) is 12.5. The molecule has 1 aromatic carbocycles. The van der Waals surface area contributed by atoms with E-state index < -0.39 is 0 Å². The molecule has 2 nitrogen and oxygen atoms in total. The Hall–Kier alpha value is -0.540. The molecule has 1 aromatic rings. The van der Waals surface area contributed by atoms with Crippen molar-refractivity contribution in [1.29, 1.82) is 0 Å². The molecule has 0 radical (unpaired) electrons. The van der Waals surface area contributed by atoms with E-state index in [9.17, 15) is 0 Å². The first-order chi connectivity index (χ1) is 7.99. The van der Waals surface area contributed by atoms with Crippen molar-refractivity contribution in [3.63, 3.8) is 0 Å². The second-order valence-electron chi connectivity index (χ2n) is 5.27. The Bertz CT molecular complexity index is 428. The third kappa shape index (κ3) is 2.23. The van der Waals surface area contributed by atoms with Crippen molar-refractivity contribution in [2.45, 2.75) is 38.6 Å². The number of ether oxygens (including phenoxy) is 1. The van der Waals surface area contributed by atoms with Gasteiger partial charge in [-0.15, -0.1) is 0 Å². The Morgan fingerprint density at radius 3 is 2.76 bits per heavy atom. The van der Waals surface area contributed by atoms with Crippen molar-refractivity contribution in [2.24, 2.45) is 0 Å². The van der Waals surface area contributed by atoms with Gasteiger partial charge in [0.25, 0.3) is 0 Å². The van der Waals surface area contributed by atoms with Crippen molar-refractivity contribution < 1.29 is 4.74 Å². The van der Waals surface area contributed by atoms with Gasteiger partial charge >= 0.3 is 0 Å². The molecule has 0 saturated carbocycles. The Balaban J connectivity index is 2.53. The highest BCUT2D eigenvalue weighted by atomic mass is 79.9. The predicted octanol–water partition coefficient (Wildman–Crippen LogP) is 3.79. The molecule has 1 N–H and O–H groups in total. The van der Waals surface area contributed by atoms with Gasteiger partial charge in [0, 0.05) is 10.5 Å². The summed E-state index contributed by atoms with van der Waals surface area (Å²) in [6.45, 7) is 7.76. The van der Waals surface area contributed by atoms with Gasteiger partial charge in [-0.3, -0.25) is 0 Å². The summed E-state index contributed by atoms with van der Waals surface area (Å²) in [5.74, 6) is 0.927. The molecule has 0 aliphatic heterocycles. The van der Waals surface area contributed by atoms with Crippen molar-refractivity contribution in [3.05, 3.63) is 27.7 Å². The minimum Gasteiger partial charge on any atom is -0.497 e. The van der Waals surface area contributed by atoms with Gasteiger partial charge in [-0.05, 0) is 41.6 Å². The quantitative estimate of drug-likeness (QED) is 0.916. The lowest BCUT2D eigenvalue weighted by Crippen LogP contribution is -2.20. The number of fused-ring (bicyclic) bond motifs is 1. The van der Waals surface area contributed by atoms with E-state index in [-0.39, 0.29) is 5.41 Å². The van der Waals surface area contributed by atoms with Crippen LogP contribution in [0.2, 0.25) is 0 Å². The van der Waals surface area contributed by atoms with Gasteiger partial charge in [-0.2, -0.15) is 0 Å². The number of methoxy groups -OCH3 is 1. The number of rotatable bonds is 3. The standard InChI is InChI=1S/C14H20BrNO/c1-5-16-12-8-14(2,3)13-10(12)6-9(17-4)7-11(13)15/h6-7,12,16H,5,8H2,1-4H3. The number of benzene rings is 1. The first-order valence-corrected chi connectivity index (χ1v) is 6.90. The normalized spacial score (nSPS) is 21.4. The smallest absolute Gasteiger partial charge is 0.120 e. The fraction of sp³-hybridized carbons (Fsp3) is 0.571. The van der Waals surface area contributed by atoms with Crippen LogP contribution < -0.4 is 10.1 Å². The summed E-state index contributed by atoms with van der Waals surface area (Å²) < 4.78 is 6.52. The molecule has 1 unspecified atom stereocenters. The lowest BCUT2D eigenvalue weighted by Gasteiger charge is -2.20. The summed E-state index contributed by atoms with van der Waals surface area (Å²) in [4.78, 5) is 0. The lowest BCUT2D eigenvalue weighted by atomic mass is 9.86. The molecule has 94 valence electrons. The second-order valence-corrected chi connectivity index (χ2v) is 6.13. The van der Waals surface area contributed by atoms with E-state index in [1.807, 2.05) is 0 Å². The van der Waals surface area contributed by atoms with E-state index in [1.165, 1.54) is 11.1 Å². The van der Waals surface area contributed by atoms with Crippen molar-refractivity contribution in [2.75, 3.05) is 13.7 Å². The number of hydrogen-bond acceptors (Lipinski definition) is 2. The molecule has 0 spiro atoms. The molecular weight excluding hydrogens is 278 g/mol. The van der Waals surface area contributed by atoms with Gasteiger partial charge in [0.15, 0.2) is 0 Å². The largest absolute Gasteiger partial charge is 0.497 e. The van der Waals surface area contributed by atoms with E-state index in [4.69, 9.17) is 4.74 Å². The fourth-order valence-electron chi connectivity index (χ4n) is 2.86. The molecule has 3 heteroatoms. The monoisotopic (exact) mass is 297 g/mol. The highest BCUT2D eigenvalue weighted by molar-refractivity contribution is 9.10. The molecule has 2 rings (SSSR count). The Morgan fingerprint density at radius 1 is 1.47 bits per heavy atom. The van der Waals surface area contributed by atoms with Gasteiger partial charge in [0.05, 0.1) is 7.11 Å². The topological polar surface area (TPSA) is 21.3 Å². The van der Waals surface area contributed by atoms with Crippen molar-refractivity contribution in [3.8, 4) is 5.75 Å². The molecule has 1 atom stereocenters. The van der Waals surface area contributed by atoms with Crippen LogP contribution in [-0.2, 0) is 5.41 Å². The van der Waals surface area contributed by atoms with Crippen LogP contribution in [-0.4, -0.2) is 13.7 Å². The van der Waals surface area contributed by atoms with E-state index in [1.54, 1.807) is 7.11 Å². The van der Waals surface area contributed by atoms with Crippen LogP contribution in [0.1, 0.15) is 44.4 Å². The summed E-state index contributed by atoms with van der Waals surface area (Å²) in [7, 11) is 1.72. The molecular formula is C14H20BrNO. The van der Waals surface area contributed by atoms with Crippen LogP contribution >= 0.6 is 15.9 Å². The van der Waals surface area contributed by atoms with Crippen LogP contribution in [0.3, 0.4) is 0 Å². The highest BCUT2D eigenvalue weighted by Gasteiger charge is 2.38. The maximum atomic E-state index is 5.36. The first kappa shape index (κ1) is 12.9. The number of nitrogens with one attached hydrogen (secondary N) is 1. The third-order valence-electron chi connectivity index (χ3n) is 3.55. The minimum atomic E-state index is 0.216. The van der Waals surface area contributed by atoms with Gasteiger partial charge in [-0.1, -0.05) is 36.7 Å². The second kappa shape index (κ2) is 4.62. The molecule has 1 aliphatic carbocycles. The first-order valence-electron chi connectivity index (χ1n) is 6.11. The summed E-state index contributed by atoms with van der Waals surface area (Å²) in [5.41, 5.74) is 3.01. The molecule has 1 aliphatic rings. The molecule has 0 saturated heterocycles. The Kier molecular flexibility index (Phi) is 3.50. The predicted molar refractivity (Wildman–Crippen MR) is 74.8 cm³/mol. The third-order valence-corrected chi connectivity index (χ3v) is 4.17. The summed E-state index contributed by atoms with van der Waals surface area (Å²) in [5, 5.41) is 3.56. The molecule has 0 fully saturated rings.